The first-order valence-electron chi connectivity index (χ1n) is 11.3. The summed E-state index contributed by atoms with van der Waals surface area (Å²) in [6, 6.07) is 0. The number of rotatable bonds is 4. The number of aromatic amines is 1. The Bertz CT molecular complexity index is 1090. The number of hydrogen-bond acceptors (Lipinski definition) is 8. The quantitative estimate of drug-likeness (QED) is 0.435. The van der Waals surface area contributed by atoms with E-state index in [1.807, 2.05) is 0 Å². The maximum Gasteiger partial charge on any atom is 0.280 e. The van der Waals surface area contributed by atoms with Gasteiger partial charge >= 0.3 is 0 Å². The summed E-state index contributed by atoms with van der Waals surface area (Å²) in [6.45, 7) is -0.470. The number of hydrogen-bond donors (Lipinski definition) is 5. The van der Waals surface area contributed by atoms with Gasteiger partial charge in [0.05, 0.1) is 18.3 Å². The number of nitrogens with one attached hydrogen (secondary N) is 2. The summed E-state index contributed by atoms with van der Waals surface area (Å²) in [6.07, 6.45) is 2.94. The van der Waals surface area contributed by atoms with E-state index in [4.69, 9.17) is 4.74 Å². The molecule has 11 heteroatoms. The molecular formula is C21H27N5O6. The zero-order valence-electron chi connectivity index (χ0n) is 17.5. The molecule has 4 atom stereocenters. The Morgan fingerprint density at radius 2 is 1.84 bits per heavy atom. The van der Waals surface area contributed by atoms with Crippen molar-refractivity contribution in [2.45, 2.75) is 63.1 Å². The van der Waals surface area contributed by atoms with Crippen molar-refractivity contribution >= 4 is 23.0 Å². The van der Waals surface area contributed by atoms with Crippen LogP contribution in [0.15, 0.2) is 11.1 Å². The lowest BCUT2D eigenvalue weighted by atomic mass is 9.49. The number of aromatic nitrogens is 4. The molecule has 172 valence electrons. The van der Waals surface area contributed by atoms with Gasteiger partial charge in [0, 0.05) is 0 Å². The van der Waals surface area contributed by atoms with Crippen molar-refractivity contribution in [1.82, 2.24) is 19.5 Å². The average molecular weight is 445 g/mol. The Balaban J connectivity index is 1.31. The van der Waals surface area contributed by atoms with Crippen LogP contribution >= 0.6 is 0 Å². The summed E-state index contributed by atoms with van der Waals surface area (Å²) in [5.74, 6) is 1.74. The van der Waals surface area contributed by atoms with Crippen LogP contribution in [0.4, 0.5) is 5.95 Å². The number of aliphatic hydroxyl groups excluding tert-OH is 3. The molecule has 4 aliphatic carbocycles. The lowest BCUT2D eigenvalue weighted by molar-refractivity contribution is -0.140. The van der Waals surface area contributed by atoms with E-state index in [1.165, 1.54) is 30.2 Å². The molecule has 4 bridgehead atoms. The van der Waals surface area contributed by atoms with Gasteiger partial charge in [0.1, 0.15) is 18.3 Å². The van der Waals surface area contributed by atoms with E-state index in [1.54, 1.807) is 0 Å². The molecule has 1 amide bonds. The maximum atomic E-state index is 13.3. The van der Waals surface area contributed by atoms with E-state index in [9.17, 15) is 24.9 Å². The van der Waals surface area contributed by atoms with E-state index in [0.29, 0.717) is 17.8 Å². The van der Waals surface area contributed by atoms with Crippen LogP contribution in [0.25, 0.3) is 11.2 Å². The lowest BCUT2D eigenvalue weighted by Crippen LogP contribution is -2.52. The number of carbonyl (C=O) groups excluding carboxylic acids is 1. The van der Waals surface area contributed by atoms with Gasteiger partial charge in [-0.3, -0.25) is 24.5 Å². The second-order valence-electron chi connectivity index (χ2n) is 10.1. The van der Waals surface area contributed by atoms with Crippen LogP contribution in [0.5, 0.6) is 0 Å². The molecule has 7 rings (SSSR count). The number of anilines is 1. The number of aliphatic hydroxyl groups is 3. The van der Waals surface area contributed by atoms with Crippen LogP contribution in [0, 0.1) is 23.2 Å². The van der Waals surface area contributed by atoms with Gasteiger partial charge in [-0.15, -0.1) is 0 Å². The fourth-order valence-corrected chi connectivity index (χ4v) is 6.91. The van der Waals surface area contributed by atoms with E-state index < -0.39 is 42.1 Å². The van der Waals surface area contributed by atoms with E-state index in [0.717, 1.165) is 19.3 Å². The molecule has 0 radical (unpaired) electrons. The smallest absolute Gasteiger partial charge is 0.280 e. The van der Waals surface area contributed by atoms with Crippen LogP contribution in [0.2, 0.25) is 0 Å². The largest absolute Gasteiger partial charge is 0.394 e. The molecule has 0 aromatic carbocycles. The number of ether oxygens (including phenoxy) is 1. The van der Waals surface area contributed by atoms with Crippen LogP contribution in [-0.2, 0) is 9.53 Å². The number of fused-ring (bicyclic) bond motifs is 1. The first kappa shape index (κ1) is 20.3. The number of carbonyl (C=O) groups is 1. The Morgan fingerprint density at radius 3 is 2.44 bits per heavy atom. The molecule has 0 unspecified atom stereocenters. The van der Waals surface area contributed by atoms with Crippen molar-refractivity contribution in [2.75, 3.05) is 11.9 Å². The van der Waals surface area contributed by atoms with Crippen LogP contribution in [-0.4, -0.2) is 65.7 Å². The predicted molar refractivity (Wildman–Crippen MR) is 110 cm³/mol. The molecule has 3 heterocycles. The standard InChI is InChI=1S/C21H27N5O6/c27-7-12-14(28)15(29)18(32-12)26-8-22-13-16(26)23-20(24-17(13)30)25-19(31)21-4-9-1-10(5-21)3-11(2-9)6-21/h8-12,14-15,18,27-29H,1-7H2,(H2,23,24,25,30,31)/t9?,10?,11?,12-,14-,15-,18-,21?/m1/s1. The minimum atomic E-state index is -1.34. The Hall–Kier alpha value is -2.34. The molecular weight excluding hydrogens is 418 g/mol. The van der Waals surface area contributed by atoms with Gasteiger partial charge < -0.3 is 20.1 Å². The first-order chi connectivity index (χ1) is 15.4. The van der Waals surface area contributed by atoms with E-state index in [2.05, 4.69) is 20.3 Å². The normalized spacial score (nSPS) is 40.3. The minimum absolute atomic E-state index is 0.0236. The molecule has 5 N–H and O–H groups in total. The maximum absolute atomic E-state index is 13.3. The fraction of sp³-hybridized carbons (Fsp3) is 0.714. The van der Waals surface area contributed by atoms with Gasteiger partial charge in [0.15, 0.2) is 17.4 Å². The highest BCUT2D eigenvalue weighted by molar-refractivity contribution is 5.94. The van der Waals surface area contributed by atoms with Crippen molar-refractivity contribution in [1.29, 1.82) is 0 Å². The van der Waals surface area contributed by atoms with Gasteiger partial charge in [0.2, 0.25) is 11.9 Å². The summed E-state index contributed by atoms with van der Waals surface area (Å²) in [5.41, 5.74) is -0.785. The molecule has 32 heavy (non-hydrogen) atoms. The van der Waals surface area contributed by atoms with Crippen molar-refractivity contribution in [3.63, 3.8) is 0 Å². The summed E-state index contributed by atoms with van der Waals surface area (Å²) in [4.78, 5) is 37.0. The summed E-state index contributed by atoms with van der Waals surface area (Å²) in [7, 11) is 0. The predicted octanol–water partition coefficient (Wildman–Crippen LogP) is -0.114. The molecule has 1 saturated heterocycles. The van der Waals surface area contributed by atoms with Gasteiger partial charge in [-0.2, -0.15) is 4.98 Å². The van der Waals surface area contributed by atoms with Crippen LogP contribution in [0.1, 0.15) is 44.8 Å². The third-order valence-electron chi connectivity index (χ3n) is 7.98. The highest BCUT2D eigenvalue weighted by atomic mass is 16.6. The Labute approximate surface area is 182 Å². The minimum Gasteiger partial charge on any atom is -0.394 e. The molecule has 2 aromatic heterocycles. The van der Waals surface area contributed by atoms with Crippen LogP contribution < -0.4 is 10.9 Å². The van der Waals surface area contributed by atoms with Crippen LogP contribution in [0.3, 0.4) is 0 Å². The third-order valence-corrected chi connectivity index (χ3v) is 7.98. The molecule has 2 aromatic rings. The van der Waals surface area contributed by atoms with Gasteiger partial charge in [0.25, 0.3) is 5.56 Å². The highest BCUT2D eigenvalue weighted by Gasteiger charge is 2.54. The second kappa shape index (κ2) is 7.08. The zero-order chi connectivity index (χ0) is 22.2. The Kier molecular flexibility index (Phi) is 4.49. The lowest BCUT2D eigenvalue weighted by Gasteiger charge is -2.55. The molecule has 1 aliphatic heterocycles. The summed E-state index contributed by atoms with van der Waals surface area (Å²) >= 11 is 0. The van der Waals surface area contributed by atoms with Crippen molar-refractivity contribution in [2.24, 2.45) is 23.2 Å². The SMILES string of the molecule is O=C(Nc1nc2c(ncn2[C@@H]2O[C@H](CO)[C@@H](O)[C@H]2O)c(=O)[nH]1)C12CC3CC(CC(C3)C1)C2. The number of amides is 1. The monoisotopic (exact) mass is 445 g/mol. The second-order valence-corrected chi connectivity index (χ2v) is 10.1. The van der Waals surface area contributed by atoms with E-state index in [-0.39, 0.29) is 23.0 Å². The van der Waals surface area contributed by atoms with Crippen molar-refractivity contribution in [3.8, 4) is 0 Å². The van der Waals surface area contributed by atoms with Crippen molar-refractivity contribution < 1.29 is 24.9 Å². The topological polar surface area (TPSA) is 163 Å². The van der Waals surface area contributed by atoms with E-state index >= 15 is 0 Å². The Morgan fingerprint density at radius 1 is 1.19 bits per heavy atom. The highest BCUT2D eigenvalue weighted by Crippen LogP contribution is 2.60. The molecule has 5 aliphatic rings. The summed E-state index contributed by atoms with van der Waals surface area (Å²) in [5, 5.41) is 32.6. The number of imidazole rings is 1. The molecule has 0 spiro atoms. The average Bonchev–Trinajstić information content (AvgIpc) is 3.28. The number of H-pyrrole nitrogens is 1. The summed E-state index contributed by atoms with van der Waals surface area (Å²) < 4.78 is 6.89. The third kappa shape index (κ3) is 2.95. The van der Waals surface area contributed by atoms with Gasteiger partial charge in [-0.05, 0) is 56.3 Å². The number of nitrogens with zero attached hydrogens (tertiary/aromatic N) is 3. The van der Waals surface area contributed by atoms with Gasteiger partial charge in [-0.25, -0.2) is 4.98 Å². The van der Waals surface area contributed by atoms with Crippen molar-refractivity contribution in [3.05, 3.63) is 16.7 Å². The zero-order valence-corrected chi connectivity index (χ0v) is 17.5. The molecule has 5 fully saturated rings. The fourth-order valence-electron chi connectivity index (χ4n) is 6.91. The molecule has 11 nitrogen and oxygen atoms in total. The molecule has 4 saturated carbocycles. The van der Waals surface area contributed by atoms with Gasteiger partial charge in [-0.1, -0.05) is 0 Å². The first-order valence-corrected chi connectivity index (χ1v) is 11.3.